The minimum absolute atomic E-state index is 0.187. The van der Waals surface area contributed by atoms with E-state index in [1.807, 2.05) is 7.05 Å². The molecular formula is C13H29N3O2. The lowest BCUT2D eigenvalue weighted by molar-refractivity contribution is -0.130. The van der Waals surface area contributed by atoms with Crippen LogP contribution in [0.3, 0.4) is 0 Å². The van der Waals surface area contributed by atoms with Gasteiger partial charge >= 0.3 is 0 Å². The fraction of sp³-hybridized carbons (Fsp3) is 0.923. The summed E-state index contributed by atoms with van der Waals surface area (Å²) in [5.74, 6) is 0.187. The molecule has 0 radical (unpaired) electrons. The van der Waals surface area contributed by atoms with Crippen molar-refractivity contribution in [2.45, 2.75) is 32.7 Å². The number of carbonyl (C=O) groups excluding carboxylic acids is 1. The minimum Gasteiger partial charge on any atom is -0.383 e. The maximum Gasteiger partial charge on any atom is 0.223 e. The monoisotopic (exact) mass is 259 g/mol. The highest BCUT2D eigenvalue weighted by atomic mass is 16.5. The summed E-state index contributed by atoms with van der Waals surface area (Å²) in [5, 5.41) is 0. The summed E-state index contributed by atoms with van der Waals surface area (Å²) < 4.78 is 5.14. The molecule has 18 heavy (non-hydrogen) atoms. The van der Waals surface area contributed by atoms with Gasteiger partial charge in [-0.3, -0.25) is 9.69 Å². The van der Waals surface area contributed by atoms with Gasteiger partial charge in [0, 0.05) is 39.7 Å². The number of hydrogen-bond donors (Lipinski definition) is 1. The Hall–Kier alpha value is -0.650. The van der Waals surface area contributed by atoms with E-state index in [2.05, 4.69) is 18.7 Å². The van der Waals surface area contributed by atoms with Crippen molar-refractivity contribution in [2.75, 3.05) is 46.9 Å². The predicted octanol–water partition coefficient (Wildman–Crippen LogP) is 0.541. The molecule has 0 aromatic rings. The molecule has 0 spiro atoms. The quantitative estimate of drug-likeness (QED) is 0.622. The van der Waals surface area contributed by atoms with Crippen LogP contribution >= 0.6 is 0 Å². The molecule has 0 aromatic carbocycles. The Kier molecular flexibility index (Phi) is 9.92. The molecule has 108 valence electrons. The highest BCUT2D eigenvalue weighted by molar-refractivity contribution is 5.76. The van der Waals surface area contributed by atoms with Crippen LogP contribution in [0.2, 0.25) is 0 Å². The van der Waals surface area contributed by atoms with Crippen molar-refractivity contribution in [3.63, 3.8) is 0 Å². The molecule has 0 aromatic heterocycles. The van der Waals surface area contributed by atoms with Crippen molar-refractivity contribution < 1.29 is 9.53 Å². The summed E-state index contributed by atoms with van der Waals surface area (Å²) in [6, 6.07) is 0.349. The first-order chi connectivity index (χ1) is 8.56. The number of hydrogen-bond acceptors (Lipinski definition) is 4. The Balaban J connectivity index is 4.00. The van der Waals surface area contributed by atoms with Crippen molar-refractivity contribution >= 4 is 5.91 Å². The van der Waals surface area contributed by atoms with Crippen LogP contribution in [0.5, 0.6) is 0 Å². The second-order valence-electron chi connectivity index (χ2n) is 4.64. The van der Waals surface area contributed by atoms with E-state index < -0.39 is 0 Å². The first-order valence-corrected chi connectivity index (χ1v) is 6.73. The standard InChI is InChI=1S/C13H29N3O2/c1-5-16(12(2)11-18-4)10-7-13(17)15(3)9-6-8-14/h12H,5-11,14H2,1-4H3. The van der Waals surface area contributed by atoms with Gasteiger partial charge < -0.3 is 15.4 Å². The van der Waals surface area contributed by atoms with Gasteiger partial charge in [-0.2, -0.15) is 0 Å². The molecule has 1 unspecified atom stereocenters. The third-order valence-electron chi connectivity index (χ3n) is 3.17. The number of rotatable bonds is 10. The second kappa shape index (κ2) is 10.3. The Morgan fingerprint density at radius 3 is 2.56 bits per heavy atom. The molecule has 0 bridgehead atoms. The number of likely N-dealkylation sites (N-methyl/N-ethyl adjacent to an activating group) is 1. The number of ether oxygens (including phenoxy) is 1. The Morgan fingerprint density at radius 1 is 1.39 bits per heavy atom. The third kappa shape index (κ3) is 6.93. The molecule has 5 nitrogen and oxygen atoms in total. The molecule has 1 amide bonds. The minimum atomic E-state index is 0.187. The van der Waals surface area contributed by atoms with Gasteiger partial charge in [-0.1, -0.05) is 6.92 Å². The predicted molar refractivity (Wildman–Crippen MR) is 74.5 cm³/mol. The van der Waals surface area contributed by atoms with Crippen LogP contribution in [0.15, 0.2) is 0 Å². The summed E-state index contributed by atoms with van der Waals surface area (Å²) in [7, 11) is 3.54. The molecule has 0 rings (SSSR count). The van der Waals surface area contributed by atoms with E-state index in [9.17, 15) is 4.79 Å². The topological polar surface area (TPSA) is 58.8 Å². The molecule has 2 N–H and O–H groups in total. The van der Waals surface area contributed by atoms with Crippen LogP contribution in [-0.2, 0) is 9.53 Å². The van der Waals surface area contributed by atoms with Gasteiger partial charge in [0.2, 0.25) is 5.91 Å². The Bertz CT molecular complexity index is 224. The van der Waals surface area contributed by atoms with Crippen LogP contribution in [0, 0.1) is 0 Å². The largest absolute Gasteiger partial charge is 0.383 e. The molecular weight excluding hydrogens is 230 g/mol. The highest BCUT2D eigenvalue weighted by Gasteiger charge is 2.14. The summed E-state index contributed by atoms with van der Waals surface area (Å²) >= 11 is 0. The number of nitrogens with two attached hydrogens (primary N) is 1. The molecule has 1 atom stereocenters. The average molecular weight is 259 g/mol. The van der Waals surface area contributed by atoms with E-state index in [1.165, 1.54) is 0 Å². The summed E-state index contributed by atoms with van der Waals surface area (Å²) in [6.45, 7) is 8.02. The molecule has 0 fully saturated rings. The fourth-order valence-electron chi connectivity index (χ4n) is 1.92. The molecule has 0 saturated heterocycles. The molecule has 0 aliphatic heterocycles. The van der Waals surface area contributed by atoms with E-state index in [-0.39, 0.29) is 5.91 Å². The van der Waals surface area contributed by atoms with E-state index in [0.717, 1.165) is 26.1 Å². The highest BCUT2D eigenvalue weighted by Crippen LogP contribution is 2.02. The van der Waals surface area contributed by atoms with E-state index in [4.69, 9.17) is 10.5 Å². The third-order valence-corrected chi connectivity index (χ3v) is 3.17. The smallest absolute Gasteiger partial charge is 0.223 e. The molecule has 5 heteroatoms. The van der Waals surface area contributed by atoms with Gasteiger partial charge in [0.05, 0.1) is 6.61 Å². The number of amides is 1. The van der Waals surface area contributed by atoms with Gasteiger partial charge in [0.15, 0.2) is 0 Å². The normalized spacial score (nSPS) is 12.8. The number of carbonyl (C=O) groups is 1. The fourth-order valence-corrected chi connectivity index (χ4v) is 1.92. The van der Waals surface area contributed by atoms with Gasteiger partial charge in [-0.15, -0.1) is 0 Å². The zero-order valence-corrected chi connectivity index (χ0v) is 12.3. The van der Waals surface area contributed by atoms with E-state index in [0.29, 0.717) is 25.6 Å². The van der Waals surface area contributed by atoms with Gasteiger partial charge in [-0.05, 0) is 26.4 Å². The van der Waals surface area contributed by atoms with Crippen molar-refractivity contribution in [2.24, 2.45) is 5.73 Å². The maximum atomic E-state index is 11.9. The maximum absolute atomic E-state index is 11.9. The lowest BCUT2D eigenvalue weighted by atomic mass is 10.2. The van der Waals surface area contributed by atoms with Crippen molar-refractivity contribution in [3.8, 4) is 0 Å². The lowest BCUT2D eigenvalue weighted by Crippen LogP contribution is -2.39. The van der Waals surface area contributed by atoms with Crippen molar-refractivity contribution in [1.29, 1.82) is 0 Å². The van der Waals surface area contributed by atoms with E-state index in [1.54, 1.807) is 12.0 Å². The lowest BCUT2D eigenvalue weighted by Gasteiger charge is -2.27. The molecule has 0 aliphatic rings. The summed E-state index contributed by atoms with van der Waals surface area (Å²) in [5.41, 5.74) is 5.43. The van der Waals surface area contributed by atoms with Gasteiger partial charge in [-0.25, -0.2) is 0 Å². The first-order valence-electron chi connectivity index (χ1n) is 6.73. The summed E-state index contributed by atoms with van der Waals surface area (Å²) in [4.78, 5) is 15.9. The van der Waals surface area contributed by atoms with E-state index >= 15 is 0 Å². The van der Waals surface area contributed by atoms with Crippen molar-refractivity contribution in [3.05, 3.63) is 0 Å². The van der Waals surface area contributed by atoms with Crippen LogP contribution in [0.25, 0.3) is 0 Å². The summed E-state index contributed by atoms with van der Waals surface area (Å²) in [6.07, 6.45) is 1.42. The zero-order chi connectivity index (χ0) is 14.0. The van der Waals surface area contributed by atoms with Crippen LogP contribution < -0.4 is 5.73 Å². The molecule has 0 aliphatic carbocycles. The Morgan fingerprint density at radius 2 is 2.06 bits per heavy atom. The van der Waals surface area contributed by atoms with Crippen LogP contribution in [-0.4, -0.2) is 68.7 Å². The van der Waals surface area contributed by atoms with Gasteiger partial charge in [0.25, 0.3) is 0 Å². The second-order valence-corrected chi connectivity index (χ2v) is 4.64. The number of methoxy groups -OCH3 is 1. The number of nitrogens with zero attached hydrogens (tertiary/aromatic N) is 2. The average Bonchev–Trinajstić information content (AvgIpc) is 2.36. The van der Waals surface area contributed by atoms with Crippen LogP contribution in [0.4, 0.5) is 0 Å². The zero-order valence-electron chi connectivity index (χ0n) is 12.3. The van der Waals surface area contributed by atoms with Crippen LogP contribution in [0.1, 0.15) is 26.7 Å². The SMILES string of the molecule is CCN(CCC(=O)N(C)CCCN)C(C)COC. The molecule has 0 heterocycles. The first kappa shape index (κ1) is 17.4. The molecule has 0 saturated carbocycles. The van der Waals surface area contributed by atoms with Crippen molar-refractivity contribution in [1.82, 2.24) is 9.80 Å². The van der Waals surface area contributed by atoms with Gasteiger partial charge in [0.1, 0.15) is 0 Å². The Labute approximate surface area is 111 Å².